The number of nitrogens with one attached hydrogen (secondary N) is 1. The van der Waals surface area contributed by atoms with Gasteiger partial charge in [-0.3, -0.25) is 4.79 Å². The van der Waals surface area contributed by atoms with E-state index in [2.05, 4.69) is 31.3 Å². The Morgan fingerprint density at radius 2 is 2.21 bits per heavy atom. The molecule has 1 unspecified atom stereocenters. The third kappa shape index (κ3) is 4.07. The number of anilines is 1. The van der Waals surface area contributed by atoms with E-state index in [1.807, 2.05) is 0 Å². The predicted octanol–water partition coefficient (Wildman–Crippen LogP) is 3.43. The molecule has 0 spiro atoms. The molecule has 0 aliphatic carbocycles. The summed E-state index contributed by atoms with van der Waals surface area (Å²) in [6.45, 7) is 2.76. The van der Waals surface area contributed by atoms with Crippen LogP contribution in [-0.4, -0.2) is 52.1 Å². The summed E-state index contributed by atoms with van der Waals surface area (Å²) in [5.41, 5.74) is -0.555. The Bertz CT molecular complexity index is 889. The van der Waals surface area contributed by atoms with Crippen LogP contribution in [0.1, 0.15) is 31.9 Å². The summed E-state index contributed by atoms with van der Waals surface area (Å²) >= 11 is 2.89. The molecule has 0 radical (unpaired) electrons. The van der Waals surface area contributed by atoms with Gasteiger partial charge < -0.3 is 14.8 Å². The number of hydrogen-bond acceptors (Lipinski definition) is 6. The molecule has 0 saturated carbocycles. The molecule has 0 bridgehead atoms. The van der Waals surface area contributed by atoms with Crippen molar-refractivity contribution < 1.29 is 31.8 Å². The first kappa shape index (κ1) is 20.8. The predicted molar refractivity (Wildman–Crippen MR) is 93.5 cm³/mol. The Kier molecular flexibility index (Phi) is 5.80. The molecule has 0 aromatic carbocycles. The molecule has 28 heavy (non-hydrogen) atoms. The Morgan fingerprint density at radius 1 is 1.50 bits per heavy atom. The third-order valence-corrected chi connectivity index (χ3v) is 5.19. The number of ether oxygens (including phenoxy) is 2. The second-order valence-corrected chi connectivity index (χ2v) is 7.21. The molecule has 3 rings (SSSR count). The van der Waals surface area contributed by atoms with Crippen LogP contribution in [0.5, 0.6) is 0 Å². The Hall–Kier alpha value is -1.95. The van der Waals surface area contributed by atoms with Crippen molar-refractivity contribution in [3.8, 4) is 0 Å². The summed E-state index contributed by atoms with van der Waals surface area (Å²) < 4.78 is 65.1. The topological polar surface area (TPSA) is 77.8 Å². The largest absolute Gasteiger partial charge is 0.458 e. The number of alkyl halides is 3. The lowest BCUT2D eigenvalue weighted by Gasteiger charge is -2.31. The Morgan fingerprint density at radius 3 is 2.86 bits per heavy atom. The molecule has 154 valence electrons. The van der Waals surface area contributed by atoms with Crippen LogP contribution in [0.25, 0.3) is 5.52 Å². The van der Waals surface area contributed by atoms with Gasteiger partial charge in [-0.15, -0.1) is 5.10 Å². The molecule has 2 aromatic heterocycles. The Labute approximate surface area is 165 Å². The van der Waals surface area contributed by atoms with E-state index in [4.69, 9.17) is 9.47 Å². The highest BCUT2D eigenvalue weighted by atomic mass is 79.9. The van der Waals surface area contributed by atoms with Crippen molar-refractivity contribution in [2.75, 3.05) is 18.5 Å². The summed E-state index contributed by atoms with van der Waals surface area (Å²) in [7, 11) is 0. The fourth-order valence-electron chi connectivity index (χ4n) is 2.97. The van der Waals surface area contributed by atoms with Gasteiger partial charge in [-0.2, -0.15) is 13.2 Å². The van der Waals surface area contributed by atoms with E-state index in [1.165, 1.54) is 6.92 Å². The first-order valence-corrected chi connectivity index (χ1v) is 9.19. The molecule has 7 nitrogen and oxygen atoms in total. The van der Waals surface area contributed by atoms with Crippen LogP contribution >= 0.6 is 15.9 Å². The number of halogens is 5. The molecule has 1 fully saturated rings. The highest BCUT2D eigenvalue weighted by Crippen LogP contribution is 2.40. The quantitative estimate of drug-likeness (QED) is 0.547. The maximum Gasteiger partial charge on any atom is 0.397 e. The van der Waals surface area contributed by atoms with E-state index in [9.17, 15) is 22.4 Å². The summed E-state index contributed by atoms with van der Waals surface area (Å²) in [6.07, 6.45) is -3.62. The molecule has 2 aromatic rings. The fraction of sp³-hybridized carbons (Fsp3) is 0.562. The molecular weight excluding hydrogens is 452 g/mol. The second-order valence-electron chi connectivity index (χ2n) is 6.42. The number of fused-ring (bicyclic) bond motifs is 1. The van der Waals surface area contributed by atoms with E-state index in [0.29, 0.717) is 13.0 Å². The minimum atomic E-state index is -4.58. The van der Waals surface area contributed by atoms with Crippen molar-refractivity contribution in [1.82, 2.24) is 14.6 Å². The maximum absolute atomic E-state index is 14.4. The van der Waals surface area contributed by atoms with Crippen LogP contribution in [0.2, 0.25) is 0 Å². The molecule has 1 aliphatic heterocycles. The molecule has 1 aliphatic rings. The standard InChI is InChI=1S/C16H17BrF4N4O3/c1-7(16(19,20)21)14-12(17)13(18)10-5-22-15(24-25(10)14)23-9-3-4-27-6-11(9)28-8(2)26/h5,7,9,11H,3-4,6H2,1-2H3,(H,23,24)/t7?,9-,11-/m1/s1. The van der Waals surface area contributed by atoms with Crippen LogP contribution in [0, 0.1) is 5.82 Å². The molecule has 1 saturated heterocycles. The van der Waals surface area contributed by atoms with Crippen LogP contribution in [0.15, 0.2) is 10.7 Å². The first-order valence-electron chi connectivity index (χ1n) is 8.40. The lowest BCUT2D eigenvalue weighted by Crippen LogP contribution is -2.44. The van der Waals surface area contributed by atoms with Gasteiger partial charge in [-0.1, -0.05) is 0 Å². The normalized spacial score (nSPS) is 21.5. The van der Waals surface area contributed by atoms with Crippen LogP contribution < -0.4 is 5.32 Å². The average Bonchev–Trinajstić information content (AvgIpc) is 2.85. The molecule has 1 N–H and O–H groups in total. The average molecular weight is 469 g/mol. The second kappa shape index (κ2) is 7.82. The fourth-order valence-corrected chi connectivity index (χ4v) is 3.68. The van der Waals surface area contributed by atoms with Gasteiger partial charge in [0.25, 0.3) is 0 Å². The van der Waals surface area contributed by atoms with Crippen LogP contribution in [0.4, 0.5) is 23.5 Å². The summed E-state index contributed by atoms with van der Waals surface area (Å²) in [4.78, 5) is 15.2. The molecule has 3 atom stereocenters. The minimum absolute atomic E-state index is 0.0188. The number of hydrogen-bond donors (Lipinski definition) is 1. The van der Waals surface area contributed by atoms with Gasteiger partial charge in [-0.25, -0.2) is 13.9 Å². The lowest BCUT2D eigenvalue weighted by atomic mass is 10.1. The molecule has 12 heteroatoms. The van der Waals surface area contributed by atoms with Gasteiger partial charge in [0.05, 0.1) is 34.9 Å². The number of nitrogens with zero attached hydrogens (tertiary/aromatic N) is 3. The van der Waals surface area contributed by atoms with E-state index in [0.717, 1.165) is 17.6 Å². The Balaban J connectivity index is 1.96. The SMILES string of the molecule is CC(=O)O[C@@H]1COCC[C@H]1Nc1ncc2c(F)c(Br)c(C(C)C(F)(F)F)n2n1. The van der Waals surface area contributed by atoms with Crippen molar-refractivity contribution >= 4 is 33.4 Å². The highest BCUT2D eigenvalue weighted by molar-refractivity contribution is 9.10. The van der Waals surface area contributed by atoms with Gasteiger partial charge in [0.15, 0.2) is 5.82 Å². The van der Waals surface area contributed by atoms with Crippen LogP contribution in [0.3, 0.4) is 0 Å². The van der Waals surface area contributed by atoms with Gasteiger partial charge in [-0.05, 0) is 29.3 Å². The zero-order chi connectivity index (χ0) is 20.6. The van der Waals surface area contributed by atoms with Crippen molar-refractivity contribution in [3.05, 3.63) is 22.2 Å². The summed E-state index contributed by atoms with van der Waals surface area (Å²) in [5.74, 6) is -3.34. The lowest BCUT2D eigenvalue weighted by molar-refractivity contribution is -0.153. The van der Waals surface area contributed by atoms with Crippen molar-refractivity contribution in [2.45, 2.75) is 44.5 Å². The number of carbonyl (C=O) groups is 1. The number of rotatable bonds is 4. The monoisotopic (exact) mass is 468 g/mol. The maximum atomic E-state index is 14.4. The summed E-state index contributed by atoms with van der Waals surface area (Å²) in [5, 5.41) is 6.99. The third-order valence-electron chi connectivity index (χ3n) is 4.44. The molecular formula is C16H17BrF4N4O3. The van der Waals surface area contributed by atoms with Crippen molar-refractivity contribution in [2.24, 2.45) is 0 Å². The van der Waals surface area contributed by atoms with E-state index < -0.39 is 36.0 Å². The van der Waals surface area contributed by atoms with Gasteiger partial charge in [0.2, 0.25) is 5.95 Å². The zero-order valence-electron chi connectivity index (χ0n) is 14.9. The minimum Gasteiger partial charge on any atom is -0.458 e. The van der Waals surface area contributed by atoms with E-state index in [1.54, 1.807) is 0 Å². The van der Waals surface area contributed by atoms with Crippen molar-refractivity contribution in [1.29, 1.82) is 0 Å². The summed E-state index contributed by atoms with van der Waals surface area (Å²) in [6, 6.07) is -0.401. The molecule has 3 heterocycles. The van der Waals surface area contributed by atoms with E-state index >= 15 is 0 Å². The highest BCUT2D eigenvalue weighted by Gasteiger charge is 2.41. The van der Waals surface area contributed by atoms with E-state index in [-0.39, 0.29) is 28.2 Å². The number of aromatic nitrogens is 3. The zero-order valence-corrected chi connectivity index (χ0v) is 16.5. The van der Waals surface area contributed by atoms with Gasteiger partial charge >= 0.3 is 12.1 Å². The molecule has 0 amide bonds. The van der Waals surface area contributed by atoms with Crippen LogP contribution in [-0.2, 0) is 14.3 Å². The number of carbonyl (C=O) groups excluding carboxylic acids is 1. The smallest absolute Gasteiger partial charge is 0.397 e. The van der Waals surface area contributed by atoms with Gasteiger partial charge in [0, 0.05) is 13.5 Å². The number of esters is 1. The van der Waals surface area contributed by atoms with Crippen molar-refractivity contribution in [3.63, 3.8) is 0 Å². The first-order chi connectivity index (χ1) is 13.1. The van der Waals surface area contributed by atoms with Gasteiger partial charge in [0.1, 0.15) is 11.6 Å².